The number of imidazole rings is 1. The molecular weight excluding hydrogens is 378 g/mol. The Hall–Kier alpha value is -2.13. The Morgan fingerprint density at radius 2 is 1.93 bits per heavy atom. The number of anilines is 1. The number of hydrogen-bond donors (Lipinski definition) is 7. The zero-order valence-electron chi connectivity index (χ0n) is 14.5. The van der Waals surface area contributed by atoms with Crippen molar-refractivity contribution >= 4 is 17.1 Å². The summed E-state index contributed by atoms with van der Waals surface area (Å²) < 4.78 is 12.4. The minimum atomic E-state index is -1.35. The van der Waals surface area contributed by atoms with Gasteiger partial charge in [-0.2, -0.15) is 4.98 Å². The Balaban J connectivity index is 1.62. The molecule has 154 valence electrons. The molecule has 0 unspecified atom stereocenters. The number of aliphatic hydroxyl groups excluding tert-OH is 5. The Morgan fingerprint density at radius 3 is 2.57 bits per heavy atom. The van der Waals surface area contributed by atoms with Crippen molar-refractivity contribution in [3.05, 3.63) is 16.7 Å². The van der Waals surface area contributed by atoms with E-state index in [1.807, 2.05) is 0 Å². The Morgan fingerprint density at radius 1 is 1.18 bits per heavy atom. The van der Waals surface area contributed by atoms with Crippen molar-refractivity contribution < 1.29 is 35.0 Å². The number of rotatable bonds is 5. The summed E-state index contributed by atoms with van der Waals surface area (Å²) in [5.41, 5.74) is -0.360. The van der Waals surface area contributed by atoms with Gasteiger partial charge in [-0.15, -0.1) is 0 Å². The summed E-state index contributed by atoms with van der Waals surface area (Å²) in [5.74, 6) is -0.0497. The molecule has 2 aliphatic heterocycles. The van der Waals surface area contributed by atoms with Crippen LogP contribution in [0.2, 0.25) is 0 Å². The first-order valence-corrected chi connectivity index (χ1v) is 8.73. The topological polar surface area (TPSA) is 195 Å². The number of hydrogen-bond acceptors (Lipinski definition) is 11. The summed E-state index contributed by atoms with van der Waals surface area (Å²) in [7, 11) is 0. The van der Waals surface area contributed by atoms with E-state index >= 15 is 0 Å². The van der Waals surface area contributed by atoms with Crippen molar-refractivity contribution in [1.29, 1.82) is 0 Å². The van der Waals surface area contributed by atoms with E-state index in [9.17, 15) is 25.2 Å². The SMILES string of the molecule is O=c1[nH]c(N[C@H]2O[C@@H](CO)[C@H](O)[C@@H]2O)nc2c1ncn2[C@H]1C[C@H](O)[C@@H](CO)O1. The van der Waals surface area contributed by atoms with Gasteiger partial charge in [0.05, 0.1) is 25.6 Å². The summed E-state index contributed by atoms with van der Waals surface area (Å²) in [6.07, 6.45) is -5.48. The number of H-pyrrole nitrogens is 1. The molecule has 4 heterocycles. The second-order valence-electron chi connectivity index (χ2n) is 6.76. The van der Waals surface area contributed by atoms with Crippen LogP contribution in [-0.4, -0.2) is 95.0 Å². The number of aromatic nitrogens is 4. The molecule has 0 aliphatic carbocycles. The average molecular weight is 399 g/mol. The number of aliphatic hydroxyl groups is 5. The van der Waals surface area contributed by atoms with Crippen molar-refractivity contribution in [2.45, 2.75) is 49.4 Å². The van der Waals surface area contributed by atoms with Crippen LogP contribution in [0.5, 0.6) is 0 Å². The largest absolute Gasteiger partial charge is 0.394 e. The highest BCUT2D eigenvalue weighted by Crippen LogP contribution is 2.30. The Kier molecular flexibility index (Phi) is 5.05. The van der Waals surface area contributed by atoms with Crippen molar-refractivity contribution in [3.8, 4) is 0 Å². The van der Waals surface area contributed by atoms with Gasteiger partial charge in [-0.1, -0.05) is 0 Å². The lowest BCUT2D eigenvalue weighted by molar-refractivity contribution is -0.0432. The van der Waals surface area contributed by atoms with Gasteiger partial charge < -0.3 is 40.3 Å². The van der Waals surface area contributed by atoms with E-state index in [4.69, 9.17) is 14.6 Å². The zero-order chi connectivity index (χ0) is 20.0. The Labute approximate surface area is 157 Å². The monoisotopic (exact) mass is 399 g/mol. The third-order valence-electron chi connectivity index (χ3n) is 4.95. The van der Waals surface area contributed by atoms with Gasteiger partial charge in [-0.05, 0) is 0 Å². The summed E-state index contributed by atoms with van der Waals surface area (Å²) in [6, 6.07) is 0. The van der Waals surface area contributed by atoms with E-state index in [0.717, 1.165) is 0 Å². The third-order valence-corrected chi connectivity index (χ3v) is 4.95. The quantitative estimate of drug-likeness (QED) is 0.265. The van der Waals surface area contributed by atoms with E-state index in [1.54, 1.807) is 0 Å². The first kappa shape index (κ1) is 19.2. The van der Waals surface area contributed by atoms with Gasteiger partial charge in [0.2, 0.25) is 5.95 Å². The Bertz CT molecular complexity index is 902. The van der Waals surface area contributed by atoms with E-state index in [-0.39, 0.29) is 30.1 Å². The van der Waals surface area contributed by atoms with Crippen molar-refractivity contribution in [2.24, 2.45) is 0 Å². The molecule has 4 rings (SSSR count). The van der Waals surface area contributed by atoms with E-state index < -0.39 is 55.1 Å². The number of aromatic amines is 1. The highest BCUT2D eigenvalue weighted by Gasteiger charge is 2.42. The molecule has 0 amide bonds. The predicted octanol–water partition coefficient (Wildman–Crippen LogP) is -3.39. The summed E-state index contributed by atoms with van der Waals surface area (Å²) in [6.45, 7) is -0.837. The van der Waals surface area contributed by atoms with Crippen LogP contribution >= 0.6 is 0 Å². The highest BCUT2D eigenvalue weighted by molar-refractivity contribution is 5.71. The van der Waals surface area contributed by atoms with Gasteiger partial charge in [0.25, 0.3) is 5.56 Å². The summed E-state index contributed by atoms with van der Waals surface area (Å²) >= 11 is 0. The first-order chi connectivity index (χ1) is 13.4. The molecule has 2 saturated heterocycles. The fourth-order valence-electron chi connectivity index (χ4n) is 3.41. The van der Waals surface area contributed by atoms with Gasteiger partial charge in [-0.25, -0.2) is 4.98 Å². The molecule has 0 spiro atoms. The molecule has 0 saturated carbocycles. The fraction of sp³-hybridized carbons (Fsp3) is 0.667. The maximum Gasteiger partial charge on any atom is 0.280 e. The van der Waals surface area contributed by atoms with Gasteiger partial charge in [-0.3, -0.25) is 14.3 Å². The first-order valence-electron chi connectivity index (χ1n) is 8.73. The normalized spacial score (nSPS) is 35.7. The van der Waals surface area contributed by atoms with Gasteiger partial charge in [0.15, 0.2) is 17.4 Å². The lowest BCUT2D eigenvalue weighted by Gasteiger charge is -2.17. The molecule has 28 heavy (non-hydrogen) atoms. The van der Waals surface area contributed by atoms with E-state index in [1.165, 1.54) is 10.9 Å². The van der Waals surface area contributed by atoms with Crippen LogP contribution in [0.25, 0.3) is 11.2 Å². The van der Waals surface area contributed by atoms with Crippen LogP contribution < -0.4 is 10.9 Å². The van der Waals surface area contributed by atoms with Crippen LogP contribution in [-0.2, 0) is 9.47 Å². The van der Waals surface area contributed by atoms with Gasteiger partial charge >= 0.3 is 0 Å². The van der Waals surface area contributed by atoms with Crippen molar-refractivity contribution in [3.63, 3.8) is 0 Å². The summed E-state index contributed by atoms with van der Waals surface area (Å²) in [5, 5.41) is 50.8. The molecule has 13 heteroatoms. The van der Waals surface area contributed by atoms with Crippen LogP contribution in [0, 0.1) is 0 Å². The average Bonchev–Trinajstić information content (AvgIpc) is 3.33. The molecule has 13 nitrogen and oxygen atoms in total. The van der Waals surface area contributed by atoms with Gasteiger partial charge in [0.1, 0.15) is 30.6 Å². The molecule has 2 aliphatic rings. The molecule has 0 bridgehead atoms. The molecule has 2 fully saturated rings. The molecule has 7 N–H and O–H groups in total. The maximum atomic E-state index is 12.3. The van der Waals surface area contributed by atoms with Gasteiger partial charge in [0, 0.05) is 6.42 Å². The van der Waals surface area contributed by atoms with E-state index in [2.05, 4.69) is 20.3 Å². The lowest BCUT2D eigenvalue weighted by Crippen LogP contribution is -2.37. The second kappa shape index (κ2) is 7.36. The van der Waals surface area contributed by atoms with Crippen LogP contribution in [0.15, 0.2) is 11.1 Å². The molecule has 2 aromatic rings. The standard InChI is InChI=1S/C15H21N5O8/c21-2-6-5(23)1-8(27-6)20-4-16-9-12(20)17-15(18-13(9)26)19-14-11(25)10(24)7(3-22)28-14/h4-8,10-11,14,21-25H,1-3H2,(H2,17,18,19,26)/t5-,6+,7-,8+,10-,11-,14-/m0/s1. The fourth-order valence-corrected chi connectivity index (χ4v) is 3.41. The molecule has 0 radical (unpaired) electrons. The minimum absolute atomic E-state index is 0.0391. The maximum absolute atomic E-state index is 12.3. The number of nitrogens with zero attached hydrogens (tertiary/aromatic N) is 3. The second-order valence-corrected chi connectivity index (χ2v) is 6.76. The van der Waals surface area contributed by atoms with Crippen molar-refractivity contribution in [2.75, 3.05) is 18.5 Å². The third kappa shape index (κ3) is 3.16. The predicted molar refractivity (Wildman–Crippen MR) is 91.2 cm³/mol. The molecule has 0 aromatic carbocycles. The van der Waals surface area contributed by atoms with Crippen LogP contribution in [0.1, 0.15) is 12.6 Å². The van der Waals surface area contributed by atoms with Crippen LogP contribution in [0.4, 0.5) is 5.95 Å². The number of fused-ring (bicyclic) bond motifs is 1. The smallest absolute Gasteiger partial charge is 0.280 e. The lowest BCUT2D eigenvalue weighted by atomic mass is 10.1. The molecule has 2 aromatic heterocycles. The number of ether oxygens (including phenoxy) is 2. The highest BCUT2D eigenvalue weighted by atomic mass is 16.6. The number of nitrogens with one attached hydrogen (secondary N) is 2. The minimum Gasteiger partial charge on any atom is -0.394 e. The van der Waals surface area contributed by atoms with Crippen molar-refractivity contribution in [1.82, 2.24) is 19.5 Å². The van der Waals surface area contributed by atoms with E-state index in [0.29, 0.717) is 0 Å². The summed E-state index contributed by atoms with van der Waals surface area (Å²) in [4.78, 5) is 23.1. The molecular formula is C15H21N5O8. The van der Waals surface area contributed by atoms with Crippen LogP contribution in [0.3, 0.4) is 0 Å². The molecule has 7 atom stereocenters. The zero-order valence-corrected chi connectivity index (χ0v) is 14.5.